The Labute approximate surface area is 124 Å². The average molecular weight is 379 g/mol. The lowest BCUT2D eigenvalue weighted by Crippen LogP contribution is -2.20. The largest absolute Gasteiger partial charge is 0.480 e. The molecule has 0 aliphatic rings. The fraction of sp³-hybridized carbons (Fsp3) is 0.333. The van der Waals surface area contributed by atoms with Gasteiger partial charge >= 0.3 is 5.97 Å². The number of halogens is 1. The summed E-state index contributed by atoms with van der Waals surface area (Å²) in [6, 6.07) is 7.45. The molecule has 2 N–H and O–H groups in total. The van der Waals surface area contributed by atoms with Crippen molar-refractivity contribution in [3.05, 3.63) is 27.8 Å². The number of carbonyl (C=O) groups excluding carboxylic acids is 1. The normalized spacial score (nSPS) is 11.9. The van der Waals surface area contributed by atoms with Crippen LogP contribution in [0, 0.1) is 3.57 Å². The van der Waals surface area contributed by atoms with E-state index in [2.05, 4.69) is 27.9 Å². The minimum atomic E-state index is -0.871. The number of benzene rings is 1. The van der Waals surface area contributed by atoms with E-state index in [0.29, 0.717) is 6.42 Å². The second-order valence-electron chi connectivity index (χ2n) is 3.60. The summed E-state index contributed by atoms with van der Waals surface area (Å²) in [6.07, 6.45) is 0.510. The monoisotopic (exact) mass is 379 g/mol. The number of nitrogens with one attached hydrogen (secondary N) is 1. The predicted octanol–water partition coefficient (Wildman–Crippen LogP) is 2.83. The second kappa shape index (κ2) is 7.63. The molecule has 0 saturated carbocycles. The molecule has 0 radical (unpaired) electrons. The van der Waals surface area contributed by atoms with Gasteiger partial charge in [-0.15, -0.1) is 11.8 Å². The van der Waals surface area contributed by atoms with Crippen LogP contribution in [-0.2, 0) is 9.59 Å². The van der Waals surface area contributed by atoms with Crippen LogP contribution in [-0.4, -0.2) is 28.0 Å². The summed E-state index contributed by atoms with van der Waals surface area (Å²) in [5.74, 6) is -0.901. The maximum atomic E-state index is 11.6. The van der Waals surface area contributed by atoms with E-state index in [1.165, 1.54) is 0 Å². The summed E-state index contributed by atoms with van der Waals surface area (Å²) in [7, 11) is 0. The van der Waals surface area contributed by atoms with Gasteiger partial charge in [-0.2, -0.15) is 0 Å². The van der Waals surface area contributed by atoms with Gasteiger partial charge in [-0.25, -0.2) is 0 Å². The zero-order valence-corrected chi connectivity index (χ0v) is 12.8. The zero-order valence-electron chi connectivity index (χ0n) is 9.85. The van der Waals surface area contributed by atoms with Crippen molar-refractivity contribution >= 4 is 51.9 Å². The first kappa shape index (κ1) is 15.3. The van der Waals surface area contributed by atoms with Crippen LogP contribution < -0.4 is 5.32 Å². The summed E-state index contributed by atoms with van der Waals surface area (Å²) in [5, 5.41) is 11.1. The molecule has 0 saturated heterocycles. The Kier molecular flexibility index (Phi) is 6.48. The number of rotatable bonds is 6. The number of carboxylic acids is 1. The highest BCUT2D eigenvalue weighted by molar-refractivity contribution is 14.1. The standard InChI is InChI=1S/C12H14INO3S/c1-2-10(12(16)17)18-7-11(15)14-9-5-3-4-8(13)6-9/h3-6,10H,2,7H2,1H3,(H,14,15)(H,16,17). The Morgan fingerprint density at radius 3 is 2.78 bits per heavy atom. The van der Waals surface area contributed by atoms with Gasteiger partial charge in [0.15, 0.2) is 0 Å². The molecule has 18 heavy (non-hydrogen) atoms. The Morgan fingerprint density at radius 2 is 2.22 bits per heavy atom. The van der Waals surface area contributed by atoms with Gasteiger partial charge in [0.1, 0.15) is 5.25 Å². The van der Waals surface area contributed by atoms with Gasteiger partial charge in [0.25, 0.3) is 0 Å². The average Bonchev–Trinajstić information content (AvgIpc) is 2.29. The zero-order chi connectivity index (χ0) is 13.5. The highest BCUT2D eigenvalue weighted by Crippen LogP contribution is 2.16. The Bertz CT molecular complexity index is 439. The first-order chi connectivity index (χ1) is 8.52. The van der Waals surface area contributed by atoms with Gasteiger partial charge in [0.05, 0.1) is 5.75 Å². The smallest absolute Gasteiger partial charge is 0.316 e. The van der Waals surface area contributed by atoms with Crippen molar-refractivity contribution in [1.82, 2.24) is 0 Å². The molecule has 1 unspecified atom stereocenters. The summed E-state index contributed by atoms with van der Waals surface area (Å²) in [6.45, 7) is 1.79. The van der Waals surface area contributed by atoms with Crippen molar-refractivity contribution < 1.29 is 14.7 Å². The maximum Gasteiger partial charge on any atom is 0.316 e. The Balaban J connectivity index is 2.45. The predicted molar refractivity (Wildman–Crippen MR) is 82.0 cm³/mol. The van der Waals surface area contributed by atoms with Crippen LogP contribution in [0.3, 0.4) is 0 Å². The van der Waals surface area contributed by atoms with Crippen LogP contribution in [0.2, 0.25) is 0 Å². The van der Waals surface area contributed by atoms with Gasteiger partial charge in [0, 0.05) is 9.26 Å². The molecule has 0 heterocycles. The van der Waals surface area contributed by atoms with Crippen molar-refractivity contribution in [3.63, 3.8) is 0 Å². The summed E-state index contributed by atoms with van der Waals surface area (Å²) in [4.78, 5) is 22.4. The fourth-order valence-electron chi connectivity index (χ4n) is 1.30. The summed E-state index contributed by atoms with van der Waals surface area (Å²) in [5.41, 5.74) is 0.732. The SMILES string of the molecule is CCC(SCC(=O)Nc1cccc(I)c1)C(=O)O. The number of amides is 1. The van der Waals surface area contributed by atoms with E-state index in [4.69, 9.17) is 5.11 Å². The van der Waals surface area contributed by atoms with Crippen molar-refractivity contribution in [3.8, 4) is 0 Å². The van der Waals surface area contributed by atoms with E-state index in [9.17, 15) is 9.59 Å². The van der Waals surface area contributed by atoms with Crippen LogP contribution >= 0.6 is 34.4 Å². The number of thioether (sulfide) groups is 1. The van der Waals surface area contributed by atoms with Crippen molar-refractivity contribution in [2.45, 2.75) is 18.6 Å². The van der Waals surface area contributed by atoms with E-state index in [1.54, 1.807) is 13.0 Å². The van der Waals surface area contributed by atoms with Crippen LogP contribution in [0.15, 0.2) is 24.3 Å². The molecule has 0 spiro atoms. The van der Waals surface area contributed by atoms with E-state index < -0.39 is 11.2 Å². The summed E-state index contributed by atoms with van der Waals surface area (Å²) >= 11 is 3.31. The van der Waals surface area contributed by atoms with Crippen LogP contribution in [0.4, 0.5) is 5.69 Å². The summed E-state index contributed by atoms with van der Waals surface area (Å²) < 4.78 is 1.04. The third-order valence-corrected chi connectivity index (χ3v) is 4.21. The Morgan fingerprint density at radius 1 is 1.50 bits per heavy atom. The minimum Gasteiger partial charge on any atom is -0.480 e. The maximum absolute atomic E-state index is 11.6. The molecule has 0 bridgehead atoms. The Hall–Kier alpha value is -0.760. The van der Waals surface area contributed by atoms with Gasteiger partial charge < -0.3 is 10.4 Å². The molecule has 0 fully saturated rings. The first-order valence-corrected chi connectivity index (χ1v) is 7.55. The lowest BCUT2D eigenvalue weighted by Gasteiger charge is -2.09. The number of hydrogen-bond donors (Lipinski definition) is 2. The molecule has 0 aliphatic heterocycles. The number of aliphatic carboxylic acids is 1. The van der Waals surface area contributed by atoms with Crippen molar-refractivity contribution in [1.29, 1.82) is 0 Å². The molecule has 1 aromatic rings. The van der Waals surface area contributed by atoms with Crippen LogP contribution in [0.1, 0.15) is 13.3 Å². The molecule has 1 aromatic carbocycles. The van der Waals surface area contributed by atoms with Gasteiger partial charge in [-0.05, 0) is 47.2 Å². The number of carbonyl (C=O) groups is 2. The van der Waals surface area contributed by atoms with Gasteiger partial charge in [-0.1, -0.05) is 13.0 Å². The quantitative estimate of drug-likeness (QED) is 0.747. The molecule has 98 valence electrons. The van der Waals surface area contributed by atoms with Crippen molar-refractivity contribution in [2.75, 3.05) is 11.1 Å². The van der Waals surface area contributed by atoms with Crippen LogP contribution in [0.25, 0.3) is 0 Å². The molecule has 1 rings (SSSR count). The number of hydrogen-bond acceptors (Lipinski definition) is 3. The highest BCUT2D eigenvalue weighted by atomic mass is 127. The second-order valence-corrected chi connectivity index (χ2v) is 6.04. The van der Waals surface area contributed by atoms with Gasteiger partial charge in [0.2, 0.25) is 5.91 Å². The topological polar surface area (TPSA) is 66.4 Å². The molecule has 0 aliphatic carbocycles. The molecule has 0 aromatic heterocycles. The van der Waals surface area contributed by atoms with E-state index in [0.717, 1.165) is 21.0 Å². The number of carboxylic acid groups (broad SMARTS) is 1. The van der Waals surface area contributed by atoms with E-state index in [-0.39, 0.29) is 11.7 Å². The molecule has 4 nitrogen and oxygen atoms in total. The lowest BCUT2D eigenvalue weighted by atomic mass is 10.3. The molecule has 1 amide bonds. The lowest BCUT2D eigenvalue weighted by molar-refractivity contribution is -0.136. The number of anilines is 1. The molecule has 1 atom stereocenters. The molecule has 6 heteroatoms. The van der Waals surface area contributed by atoms with Crippen molar-refractivity contribution in [2.24, 2.45) is 0 Å². The van der Waals surface area contributed by atoms with Crippen LogP contribution in [0.5, 0.6) is 0 Å². The molecular weight excluding hydrogens is 365 g/mol. The molecular formula is C12H14INO3S. The first-order valence-electron chi connectivity index (χ1n) is 5.42. The minimum absolute atomic E-state index is 0.149. The third-order valence-electron chi connectivity index (χ3n) is 2.17. The fourth-order valence-corrected chi connectivity index (χ4v) is 2.65. The van der Waals surface area contributed by atoms with E-state index in [1.807, 2.05) is 18.2 Å². The van der Waals surface area contributed by atoms with E-state index >= 15 is 0 Å². The highest BCUT2D eigenvalue weighted by Gasteiger charge is 2.16. The third kappa shape index (κ3) is 5.26. The van der Waals surface area contributed by atoms with Gasteiger partial charge in [-0.3, -0.25) is 9.59 Å².